The van der Waals surface area contributed by atoms with Gasteiger partial charge in [0, 0.05) is 20.3 Å². The summed E-state index contributed by atoms with van der Waals surface area (Å²) in [5, 5.41) is 8.44. The van der Waals surface area contributed by atoms with Gasteiger partial charge in [-0.3, -0.25) is 0 Å². The molecular formula is C8H16O4. The molecule has 0 rings (SSSR count). The van der Waals surface area contributed by atoms with E-state index in [1.807, 2.05) is 0 Å². The third-order valence-corrected chi connectivity index (χ3v) is 1.46. The van der Waals surface area contributed by atoms with Crippen LogP contribution in [0.4, 0.5) is 0 Å². The maximum atomic E-state index is 10.3. The van der Waals surface area contributed by atoms with E-state index >= 15 is 0 Å². The molecule has 0 unspecified atom stereocenters. The Morgan fingerprint density at radius 3 is 2.50 bits per heavy atom. The van der Waals surface area contributed by atoms with Gasteiger partial charge in [-0.2, -0.15) is 0 Å². The Bertz CT molecular complexity index is 124. The number of methoxy groups -OCH3 is 1. The van der Waals surface area contributed by atoms with Gasteiger partial charge in [-0.25, -0.2) is 4.79 Å². The lowest BCUT2D eigenvalue weighted by Crippen LogP contribution is -2.20. The van der Waals surface area contributed by atoms with Crippen molar-refractivity contribution in [2.24, 2.45) is 0 Å². The van der Waals surface area contributed by atoms with E-state index in [2.05, 4.69) is 0 Å². The number of carboxylic acid groups (broad SMARTS) is 1. The minimum Gasteiger partial charge on any atom is -0.479 e. The summed E-state index contributed by atoms with van der Waals surface area (Å²) in [7, 11) is 1.64. The first-order valence-corrected chi connectivity index (χ1v) is 4.02. The maximum absolute atomic E-state index is 10.3. The van der Waals surface area contributed by atoms with Crippen molar-refractivity contribution in [3.05, 3.63) is 0 Å². The molecule has 0 aliphatic heterocycles. The van der Waals surface area contributed by atoms with Crippen molar-refractivity contribution in [2.75, 3.05) is 20.3 Å². The summed E-state index contributed by atoms with van der Waals surface area (Å²) in [4.78, 5) is 10.3. The van der Waals surface area contributed by atoms with Crippen LogP contribution in [0.15, 0.2) is 0 Å². The monoisotopic (exact) mass is 176 g/mol. The lowest BCUT2D eigenvalue weighted by Gasteiger charge is -2.07. The van der Waals surface area contributed by atoms with Gasteiger partial charge in [0.1, 0.15) is 0 Å². The molecule has 12 heavy (non-hydrogen) atoms. The predicted octanol–water partition coefficient (Wildman–Crippen LogP) is 0.903. The highest BCUT2D eigenvalue weighted by molar-refractivity contribution is 5.71. The number of carbonyl (C=O) groups is 1. The fourth-order valence-corrected chi connectivity index (χ4v) is 0.680. The first-order chi connectivity index (χ1) is 5.68. The number of rotatable bonds is 7. The fourth-order valence-electron chi connectivity index (χ4n) is 0.680. The molecule has 0 saturated heterocycles. The number of hydrogen-bond acceptors (Lipinski definition) is 3. The molecule has 0 fully saturated rings. The number of ether oxygens (including phenoxy) is 2. The Kier molecular flexibility index (Phi) is 6.70. The summed E-state index contributed by atoms with van der Waals surface area (Å²) in [5.41, 5.74) is 0. The van der Waals surface area contributed by atoms with Crippen molar-refractivity contribution in [3.8, 4) is 0 Å². The summed E-state index contributed by atoms with van der Waals surface area (Å²) in [6.07, 6.45) is 1.04. The van der Waals surface area contributed by atoms with Crippen molar-refractivity contribution >= 4 is 5.97 Å². The van der Waals surface area contributed by atoms with Crippen molar-refractivity contribution in [1.29, 1.82) is 0 Å². The molecule has 0 heterocycles. The highest BCUT2D eigenvalue weighted by atomic mass is 16.5. The molecule has 1 atom stereocenters. The topological polar surface area (TPSA) is 55.8 Å². The largest absolute Gasteiger partial charge is 0.479 e. The molecule has 0 radical (unpaired) electrons. The molecule has 0 spiro atoms. The van der Waals surface area contributed by atoms with Crippen molar-refractivity contribution in [3.63, 3.8) is 0 Å². The van der Waals surface area contributed by atoms with Gasteiger partial charge in [0.25, 0.3) is 0 Å². The zero-order chi connectivity index (χ0) is 9.40. The summed E-state index contributed by atoms with van der Waals surface area (Å²) in [6.45, 7) is 2.71. The lowest BCUT2D eigenvalue weighted by atomic mass is 10.3. The molecular weight excluding hydrogens is 160 g/mol. The van der Waals surface area contributed by atoms with Gasteiger partial charge in [-0.1, -0.05) is 0 Å². The van der Waals surface area contributed by atoms with Crippen LogP contribution in [0.2, 0.25) is 0 Å². The maximum Gasteiger partial charge on any atom is 0.332 e. The third kappa shape index (κ3) is 6.12. The zero-order valence-corrected chi connectivity index (χ0v) is 7.58. The molecule has 0 aromatic rings. The van der Waals surface area contributed by atoms with Crippen LogP contribution in [0.1, 0.15) is 19.8 Å². The molecule has 72 valence electrons. The molecule has 0 amide bonds. The molecule has 0 aromatic carbocycles. The highest BCUT2D eigenvalue weighted by Crippen LogP contribution is 1.95. The first-order valence-electron chi connectivity index (χ1n) is 4.02. The minimum atomic E-state index is -0.915. The molecule has 4 nitrogen and oxygen atoms in total. The SMILES string of the molecule is COCCCCO[C@@H](C)C(=O)O. The van der Waals surface area contributed by atoms with E-state index in [1.54, 1.807) is 7.11 Å². The van der Waals surface area contributed by atoms with Gasteiger partial charge in [0.2, 0.25) is 0 Å². The summed E-state index contributed by atoms with van der Waals surface area (Å²) in [6, 6.07) is 0. The van der Waals surface area contributed by atoms with Crippen LogP contribution in [-0.2, 0) is 14.3 Å². The first kappa shape index (κ1) is 11.4. The third-order valence-electron chi connectivity index (χ3n) is 1.46. The fraction of sp³-hybridized carbons (Fsp3) is 0.875. The van der Waals surface area contributed by atoms with E-state index in [0.29, 0.717) is 13.2 Å². The quantitative estimate of drug-likeness (QED) is 0.585. The second-order valence-electron chi connectivity index (χ2n) is 2.55. The summed E-state index contributed by atoms with van der Waals surface area (Å²) >= 11 is 0. The van der Waals surface area contributed by atoms with E-state index in [0.717, 1.165) is 12.8 Å². The number of aliphatic carboxylic acids is 1. The zero-order valence-electron chi connectivity index (χ0n) is 7.58. The van der Waals surface area contributed by atoms with Crippen LogP contribution in [0.25, 0.3) is 0 Å². The number of unbranched alkanes of at least 4 members (excludes halogenated alkanes) is 1. The second kappa shape index (κ2) is 7.06. The van der Waals surface area contributed by atoms with E-state index in [4.69, 9.17) is 14.6 Å². The standard InChI is InChI=1S/C8H16O4/c1-7(8(9)10)12-6-4-3-5-11-2/h7H,3-6H2,1-2H3,(H,9,10)/t7-/m0/s1. The molecule has 1 N–H and O–H groups in total. The van der Waals surface area contributed by atoms with Crippen LogP contribution in [-0.4, -0.2) is 37.5 Å². The van der Waals surface area contributed by atoms with Crippen molar-refractivity contribution in [1.82, 2.24) is 0 Å². The van der Waals surface area contributed by atoms with Gasteiger partial charge < -0.3 is 14.6 Å². The molecule has 0 aromatic heterocycles. The van der Waals surface area contributed by atoms with Gasteiger partial charge in [0.15, 0.2) is 6.10 Å². The average molecular weight is 176 g/mol. The number of hydrogen-bond donors (Lipinski definition) is 1. The van der Waals surface area contributed by atoms with E-state index in [1.165, 1.54) is 6.92 Å². The van der Waals surface area contributed by atoms with Crippen LogP contribution >= 0.6 is 0 Å². The van der Waals surface area contributed by atoms with Crippen molar-refractivity contribution < 1.29 is 19.4 Å². The molecule has 0 saturated carbocycles. The van der Waals surface area contributed by atoms with Gasteiger partial charge in [-0.15, -0.1) is 0 Å². The average Bonchev–Trinajstić information content (AvgIpc) is 2.03. The Morgan fingerprint density at radius 1 is 1.42 bits per heavy atom. The summed E-state index contributed by atoms with van der Waals surface area (Å²) < 4.78 is 9.82. The summed E-state index contributed by atoms with van der Waals surface area (Å²) in [5.74, 6) is -0.915. The van der Waals surface area contributed by atoms with Crippen LogP contribution < -0.4 is 0 Å². The molecule has 0 bridgehead atoms. The second-order valence-corrected chi connectivity index (χ2v) is 2.55. The Labute approximate surface area is 72.5 Å². The Balaban J connectivity index is 3.14. The van der Waals surface area contributed by atoms with Crippen LogP contribution in [0.5, 0.6) is 0 Å². The van der Waals surface area contributed by atoms with Crippen LogP contribution in [0.3, 0.4) is 0 Å². The smallest absolute Gasteiger partial charge is 0.332 e. The normalized spacial score (nSPS) is 12.8. The van der Waals surface area contributed by atoms with Gasteiger partial charge in [-0.05, 0) is 19.8 Å². The molecule has 0 aliphatic carbocycles. The molecule has 4 heteroatoms. The highest BCUT2D eigenvalue weighted by Gasteiger charge is 2.09. The van der Waals surface area contributed by atoms with E-state index in [-0.39, 0.29) is 0 Å². The minimum absolute atomic E-state index is 0.483. The van der Waals surface area contributed by atoms with Gasteiger partial charge in [0.05, 0.1) is 0 Å². The van der Waals surface area contributed by atoms with Gasteiger partial charge >= 0.3 is 5.97 Å². The predicted molar refractivity (Wildman–Crippen MR) is 44.2 cm³/mol. The Hall–Kier alpha value is -0.610. The molecule has 0 aliphatic rings. The number of carboxylic acids is 1. The van der Waals surface area contributed by atoms with Crippen LogP contribution in [0, 0.1) is 0 Å². The lowest BCUT2D eigenvalue weighted by molar-refractivity contribution is -0.149. The van der Waals surface area contributed by atoms with E-state index in [9.17, 15) is 4.79 Å². The van der Waals surface area contributed by atoms with E-state index < -0.39 is 12.1 Å². The van der Waals surface area contributed by atoms with Crippen molar-refractivity contribution in [2.45, 2.75) is 25.9 Å². The Morgan fingerprint density at radius 2 is 2.00 bits per heavy atom.